The Balaban J connectivity index is 2.12. The fourth-order valence-electron chi connectivity index (χ4n) is 2.63. The summed E-state index contributed by atoms with van der Waals surface area (Å²) in [6.07, 6.45) is 1.71. The van der Waals surface area contributed by atoms with Crippen molar-refractivity contribution in [2.45, 2.75) is 25.3 Å². The van der Waals surface area contributed by atoms with E-state index in [0.717, 1.165) is 18.4 Å². The summed E-state index contributed by atoms with van der Waals surface area (Å²) in [4.78, 5) is 26.3. The number of unbranched alkanes of at least 4 members (excludes halogenated alkanes) is 1. The zero-order valence-corrected chi connectivity index (χ0v) is 12.6. The molecule has 1 aliphatic rings. The zero-order chi connectivity index (χ0) is 15.3. The van der Waals surface area contributed by atoms with Crippen molar-refractivity contribution in [3.05, 3.63) is 35.9 Å². The van der Waals surface area contributed by atoms with Crippen molar-refractivity contribution in [3.63, 3.8) is 0 Å². The van der Waals surface area contributed by atoms with Gasteiger partial charge in [0.05, 0.1) is 6.54 Å². The molecule has 2 rings (SSSR count). The summed E-state index contributed by atoms with van der Waals surface area (Å²) in [7, 11) is 1.66. The highest BCUT2D eigenvalue weighted by Crippen LogP contribution is 2.26. The van der Waals surface area contributed by atoms with Gasteiger partial charge in [-0.3, -0.25) is 9.59 Å². The molecule has 1 aliphatic heterocycles. The topological polar surface area (TPSA) is 58.6 Å². The quantitative estimate of drug-likeness (QED) is 0.803. The van der Waals surface area contributed by atoms with E-state index in [2.05, 4.69) is 5.32 Å². The Hall–Kier alpha value is -1.88. The van der Waals surface area contributed by atoms with Gasteiger partial charge in [-0.25, -0.2) is 0 Å². The lowest BCUT2D eigenvalue weighted by atomic mass is 9.88. The Bertz CT molecular complexity index is 504. The highest BCUT2D eigenvalue weighted by molar-refractivity contribution is 5.98. The molecule has 1 saturated heterocycles. The summed E-state index contributed by atoms with van der Waals surface area (Å²) in [5.41, 5.74) is -0.164. The van der Waals surface area contributed by atoms with Gasteiger partial charge in [-0.1, -0.05) is 30.3 Å². The van der Waals surface area contributed by atoms with E-state index in [1.54, 1.807) is 18.9 Å². The molecule has 2 amide bonds. The minimum atomic E-state index is -0.974. The number of nitrogens with zero attached hydrogens (tertiary/aromatic N) is 1. The minimum absolute atomic E-state index is 0.0503. The van der Waals surface area contributed by atoms with Gasteiger partial charge in [0.25, 0.3) is 5.91 Å². The Morgan fingerprint density at radius 2 is 1.95 bits per heavy atom. The third-order valence-corrected chi connectivity index (χ3v) is 3.82. The van der Waals surface area contributed by atoms with Crippen molar-refractivity contribution in [1.82, 2.24) is 10.2 Å². The van der Waals surface area contributed by atoms with Crippen LogP contribution >= 0.6 is 0 Å². The molecule has 1 fully saturated rings. The molecule has 1 aromatic rings. The number of rotatable bonds is 6. The first-order valence-electron chi connectivity index (χ1n) is 7.23. The summed E-state index contributed by atoms with van der Waals surface area (Å²) in [5.74, 6) is -0.168. The van der Waals surface area contributed by atoms with Crippen molar-refractivity contribution in [2.75, 3.05) is 26.8 Å². The van der Waals surface area contributed by atoms with Gasteiger partial charge in [-0.05, 0) is 25.3 Å². The number of ether oxygens (including phenoxy) is 1. The average molecular weight is 290 g/mol. The fourth-order valence-corrected chi connectivity index (χ4v) is 2.63. The number of hydrogen-bond acceptors (Lipinski definition) is 3. The Morgan fingerprint density at radius 1 is 1.24 bits per heavy atom. The molecule has 1 N–H and O–H groups in total. The molecule has 0 saturated carbocycles. The van der Waals surface area contributed by atoms with Crippen LogP contribution in [0.15, 0.2) is 30.3 Å². The molecule has 1 unspecified atom stereocenters. The summed E-state index contributed by atoms with van der Waals surface area (Å²) < 4.78 is 5.01. The maximum absolute atomic E-state index is 12.7. The van der Waals surface area contributed by atoms with Gasteiger partial charge in [-0.15, -0.1) is 0 Å². The number of piperazine rings is 1. The van der Waals surface area contributed by atoms with Crippen LogP contribution in [0.25, 0.3) is 0 Å². The molecule has 0 aliphatic carbocycles. The van der Waals surface area contributed by atoms with Crippen molar-refractivity contribution >= 4 is 11.8 Å². The van der Waals surface area contributed by atoms with Gasteiger partial charge >= 0.3 is 0 Å². The fraction of sp³-hybridized carbons (Fsp3) is 0.500. The molecule has 5 nitrogen and oxygen atoms in total. The molecule has 5 heteroatoms. The van der Waals surface area contributed by atoms with E-state index >= 15 is 0 Å². The molecule has 1 aromatic carbocycles. The van der Waals surface area contributed by atoms with E-state index in [4.69, 9.17) is 4.74 Å². The molecular weight excluding hydrogens is 268 g/mol. The van der Waals surface area contributed by atoms with Gasteiger partial charge in [0.15, 0.2) is 0 Å². The first kappa shape index (κ1) is 15.5. The van der Waals surface area contributed by atoms with E-state index < -0.39 is 5.54 Å². The Morgan fingerprint density at radius 3 is 2.62 bits per heavy atom. The molecule has 114 valence electrons. The molecule has 1 heterocycles. The number of carbonyl (C=O) groups is 2. The Kier molecular flexibility index (Phi) is 4.96. The summed E-state index contributed by atoms with van der Waals surface area (Å²) >= 11 is 0. The molecule has 1 atom stereocenters. The smallest absolute Gasteiger partial charge is 0.253 e. The van der Waals surface area contributed by atoms with Crippen molar-refractivity contribution in [1.29, 1.82) is 0 Å². The molecule has 0 aromatic heterocycles. The SMILES string of the molecule is COCCCCN1CC(=O)NC(C)(c2ccccc2)C1=O. The number of carbonyl (C=O) groups excluding carboxylic acids is 2. The lowest BCUT2D eigenvalue weighted by Crippen LogP contribution is -2.63. The molecular formula is C16H22N2O3. The predicted octanol–water partition coefficient (Wildman–Crippen LogP) is 1.29. The molecule has 21 heavy (non-hydrogen) atoms. The van der Waals surface area contributed by atoms with E-state index in [-0.39, 0.29) is 18.4 Å². The lowest BCUT2D eigenvalue weighted by Gasteiger charge is -2.40. The number of hydrogen-bond donors (Lipinski definition) is 1. The predicted molar refractivity (Wildman–Crippen MR) is 79.6 cm³/mol. The highest BCUT2D eigenvalue weighted by atomic mass is 16.5. The van der Waals surface area contributed by atoms with E-state index in [1.165, 1.54) is 0 Å². The lowest BCUT2D eigenvalue weighted by molar-refractivity contribution is -0.149. The number of amides is 2. The minimum Gasteiger partial charge on any atom is -0.385 e. The van der Waals surface area contributed by atoms with Gasteiger partial charge in [0, 0.05) is 20.3 Å². The van der Waals surface area contributed by atoms with Crippen LogP contribution in [0.3, 0.4) is 0 Å². The monoisotopic (exact) mass is 290 g/mol. The van der Waals surface area contributed by atoms with Gasteiger partial charge in [0.2, 0.25) is 5.91 Å². The zero-order valence-electron chi connectivity index (χ0n) is 12.6. The van der Waals surface area contributed by atoms with Gasteiger partial charge in [0.1, 0.15) is 5.54 Å². The largest absolute Gasteiger partial charge is 0.385 e. The van der Waals surface area contributed by atoms with E-state index in [1.807, 2.05) is 30.3 Å². The third kappa shape index (κ3) is 3.42. The van der Waals surface area contributed by atoms with Crippen LogP contribution in [0.4, 0.5) is 0 Å². The first-order chi connectivity index (χ1) is 10.1. The van der Waals surface area contributed by atoms with Crippen LogP contribution in [-0.2, 0) is 19.9 Å². The number of methoxy groups -OCH3 is 1. The standard InChI is InChI=1S/C16H22N2O3/c1-16(13-8-4-3-5-9-13)15(20)18(12-14(19)17-16)10-6-7-11-21-2/h3-5,8-9H,6-7,10-12H2,1-2H3,(H,17,19). The second kappa shape index (κ2) is 6.72. The molecule has 0 bridgehead atoms. The van der Waals surface area contributed by atoms with E-state index in [0.29, 0.717) is 13.2 Å². The summed E-state index contributed by atoms with van der Waals surface area (Å²) in [5, 5.41) is 2.84. The summed E-state index contributed by atoms with van der Waals surface area (Å²) in [6.45, 7) is 3.15. The maximum Gasteiger partial charge on any atom is 0.253 e. The molecule has 0 spiro atoms. The van der Waals surface area contributed by atoms with Crippen LogP contribution in [0.2, 0.25) is 0 Å². The molecule has 0 radical (unpaired) electrons. The van der Waals surface area contributed by atoms with Crippen molar-refractivity contribution < 1.29 is 14.3 Å². The van der Waals surface area contributed by atoms with Crippen LogP contribution in [0.1, 0.15) is 25.3 Å². The third-order valence-electron chi connectivity index (χ3n) is 3.82. The van der Waals surface area contributed by atoms with E-state index in [9.17, 15) is 9.59 Å². The second-order valence-electron chi connectivity index (χ2n) is 5.47. The highest BCUT2D eigenvalue weighted by Gasteiger charge is 2.43. The maximum atomic E-state index is 12.7. The van der Waals surface area contributed by atoms with Gasteiger partial charge < -0.3 is 15.0 Å². The van der Waals surface area contributed by atoms with Crippen LogP contribution in [0.5, 0.6) is 0 Å². The normalized spacial score (nSPS) is 22.3. The average Bonchev–Trinajstić information content (AvgIpc) is 2.49. The van der Waals surface area contributed by atoms with Crippen LogP contribution in [0, 0.1) is 0 Å². The second-order valence-corrected chi connectivity index (χ2v) is 5.47. The Labute approximate surface area is 125 Å². The van der Waals surface area contributed by atoms with Gasteiger partial charge in [-0.2, -0.15) is 0 Å². The number of nitrogens with one attached hydrogen (secondary N) is 1. The van der Waals surface area contributed by atoms with Crippen molar-refractivity contribution in [3.8, 4) is 0 Å². The van der Waals surface area contributed by atoms with Crippen LogP contribution in [-0.4, -0.2) is 43.5 Å². The van der Waals surface area contributed by atoms with Crippen LogP contribution < -0.4 is 5.32 Å². The number of benzene rings is 1. The first-order valence-corrected chi connectivity index (χ1v) is 7.23. The van der Waals surface area contributed by atoms with Crippen molar-refractivity contribution in [2.24, 2.45) is 0 Å². The summed E-state index contributed by atoms with van der Waals surface area (Å²) in [6, 6.07) is 9.37.